The largest absolute Gasteiger partial charge is 0.468 e. The number of benzene rings is 1. The zero-order valence-electron chi connectivity index (χ0n) is 13.2. The second kappa shape index (κ2) is 6.88. The van der Waals surface area contributed by atoms with Gasteiger partial charge in [0, 0.05) is 0 Å². The molecule has 0 aliphatic carbocycles. The van der Waals surface area contributed by atoms with Gasteiger partial charge in [0.05, 0.1) is 23.4 Å². The summed E-state index contributed by atoms with van der Waals surface area (Å²) in [6.07, 6.45) is 0. The number of hydrogen-bond acceptors (Lipinski definition) is 7. The molecule has 0 unspecified atom stereocenters. The van der Waals surface area contributed by atoms with Gasteiger partial charge in [0.2, 0.25) is 5.76 Å². The monoisotopic (exact) mass is 379 g/mol. The third-order valence-electron chi connectivity index (χ3n) is 3.35. The maximum atomic E-state index is 14.2. The summed E-state index contributed by atoms with van der Waals surface area (Å²) in [5.41, 5.74) is 0.0971. The van der Waals surface area contributed by atoms with Crippen molar-refractivity contribution in [2.24, 2.45) is 4.99 Å². The molecule has 1 amide bonds. The van der Waals surface area contributed by atoms with Crippen molar-refractivity contribution < 1.29 is 28.1 Å². The minimum absolute atomic E-state index is 0.0274. The smallest absolute Gasteiger partial charge is 0.433 e. The van der Waals surface area contributed by atoms with Crippen LogP contribution < -0.4 is 4.80 Å². The molecule has 0 saturated carbocycles. The lowest BCUT2D eigenvalue weighted by Crippen LogP contribution is -2.22. The van der Waals surface area contributed by atoms with Crippen molar-refractivity contribution in [1.29, 1.82) is 0 Å². The summed E-state index contributed by atoms with van der Waals surface area (Å²) in [7, 11) is 1.18. The molecule has 9 nitrogen and oxygen atoms in total. The van der Waals surface area contributed by atoms with Crippen LogP contribution in [0, 0.1) is 15.9 Å². The van der Waals surface area contributed by atoms with Crippen molar-refractivity contribution in [3.63, 3.8) is 0 Å². The molecule has 0 aliphatic rings. The molecule has 26 heavy (non-hydrogen) atoms. The first kappa shape index (κ1) is 17.5. The van der Waals surface area contributed by atoms with Gasteiger partial charge < -0.3 is 13.7 Å². The minimum Gasteiger partial charge on any atom is -0.468 e. The predicted molar refractivity (Wildman–Crippen MR) is 87.0 cm³/mol. The summed E-state index contributed by atoms with van der Waals surface area (Å²) in [5, 5.41) is 10.6. The van der Waals surface area contributed by atoms with Crippen molar-refractivity contribution in [3.8, 4) is 0 Å². The first-order chi connectivity index (χ1) is 12.4. The van der Waals surface area contributed by atoms with Crippen LogP contribution in [0.3, 0.4) is 0 Å². The van der Waals surface area contributed by atoms with Crippen molar-refractivity contribution in [2.45, 2.75) is 6.54 Å². The second-order valence-corrected chi connectivity index (χ2v) is 5.95. The lowest BCUT2D eigenvalue weighted by atomic mass is 10.3. The third kappa shape index (κ3) is 3.24. The zero-order valence-corrected chi connectivity index (χ0v) is 14.0. The van der Waals surface area contributed by atoms with E-state index in [1.807, 2.05) is 0 Å². The molecule has 2 aromatic heterocycles. The van der Waals surface area contributed by atoms with Gasteiger partial charge in [-0.25, -0.2) is 4.39 Å². The highest BCUT2D eigenvalue weighted by atomic mass is 32.1. The molecule has 0 bridgehead atoms. The van der Waals surface area contributed by atoms with Crippen LogP contribution in [-0.2, 0) is 16.1 Å². The van der Waals surface area contributed by atoms with Gasteiger partial charge >= 0.3 is 17.8 Å². The van der Waals surface area contributed by atoms with Gasteiger partial charge in [-0.15, -0.1) is 0 Å². The SMILES string of the molecule is COC(=O)Cn1c(=NC(=O)c2ccc([N+](=O)[O-])o2)sc2cccc(F)c21. The van der Waals surface area contributed by atoms with E-state index in [-0.39, 0.29) is 22.6 Å². The number of nitrogens with zero attached hydrogens (tertiary/aromatic N) is 3. The van der Waals surface area contributed by atoms with Gasteiger partial charge in [-0.05, 0) is 18.2 Å². The number of furan rings is 1. The Morgan fingerprint density at radius 2 is 2.15 bits per heavy atom. The van der Waals surface area contributed by atoms with Gasteiger partial charge in [-0.3, -0.25) is 19.7 Å². The van der Waals surface area contributed by atoms with Gasteiger partial charge in [0.25, 0.3) is 0 Å². The van der Waals surface area contributed by atoms with E-state index < -0.39 is 28.5 Å². The standard InChI is InChI=1S/C15H10FN3O6S/c1-24-12(20)7-18-13-8(16)3-2-4-10(13)26-15(18)17-14(21)9-5-6-11(25-9)19(22)23/h2-6H,7H2,1H3. The number of halogens is 1. The molecular weight excluding hydrogens is 369 g/mol. The van der Waals surface area contributed by atoms with E-state index in [0.717, 1.165) is 23.5 Å². The summed E-state index contributed by atoms with van der Waals surface area (Å²) >= 11 is 0.979. The average molecular weight is 379 g/mol. The lowest BCUT2D eigenvalue weighted by molar-refractivity contribution is -0.402. The van der Waals surface area contributed by atoms with Crippen LogP contribution in [0.4, 0.5) is 10.3 Å². The number of nitro groups is 1. The Labute approximate surface area is 148 Å². The Bertz CT molecular complexity index is 1100. The second-order valence-electron chi connectivity index (χ2n) is 4.95. The molecule has 0 atom stereocenters. The quantitative estimate of drug-likeness (QED) is 0.390. The molecule has 3 rings (SSSR count). The van der Waals surface area contributed by atoms with E-state index in [9.17, 15) is 24.1 Å². The molecule has 11 heteroatoms. The highest BCUT2D eigenvalue weighted by Gasteiger charge is 2.19. The number of carbonyl (C=O) groups excluding carboxylic acids is 2. The maximum Gasteiger partial charge on any atom is 0.433 e. The maximum absolute atomic E-state index is 14.2. The third-order valence-corrected chi connectivity index (χ3v) is 4.39. The predicted octanol–water partition coefficient (Wildman–Crippen LogP) is 2.26. The van der Waals surface area contributed by atoms with Crippen LogP contribution >= 0.6 is 11.3 Å². The summed E-state index contributed by atoms with van der Waals surface area (Å²) < 4.78 is 25.2. The molecule has 2 heterocycles. The van der Waals surface area contributed by atoms with Crippen molar-refractivity contribution in [1.82, 2.24) is 4.57 Å². The summed E-state index contributed by atoms with van der Waals surface area (Å²) in [6.45, 7) is -0.359. The van der Waals surface area contributed by atoms with Crippen LogP contribution in [0.1, 0.15) is 10.6 Å². The molecule has 0 aliphatic heterocycles. The molecule has 0 saturated heterocycles. The molecule has 0 spiro atoms. The fourth-order valence-corrected chi connectivity index (χ4v) is 3.24. The van der Waals surface area contributed by atoms with E-state index in [1.54, 1.807) is 6.07 Å². The molecule has 134 valence electrons. The van der Waals surface area contributed by atoms with E-state index in [2.05, 4.69) is 9.73 Å². The molecule has 0 N–H and O–H groups in total. The minimum atomic E-state index is -0.899. The van der Waals surface area contributed by atoms with Crippen molar-refractivity contribution >= 4 is 39.3 Å². The highest BCUT2D eigenvalue weighted by molar-refractivity contribution is 7.16. The van der Waals surface area contributed by atoms with Gasteiger partial charge in [-0.2, -0.15) is 4.99 Å². The zero-order chi connectivity index (χ0) is 18.8. The number of methoxy groups -OCH3 is 1. The van der Waals surface area contributed by atoms with Crippen LogP contribution in [-0.4, -0.2) is 28.5 Å². The lowest BCUT2D eigenvalue weighted by Gasteiger charge is -2.04. The van der Waals surface area contributed by atoms with Crippen LogP contribution in [0.15, 0.2) is 39.7 Å². The summed E-state index contributed by atoms with van der Waals surface area (Å²) in [5.74, 6) is -3.10. The van der Waals surface area contributed by atoms with E-state index in [4.69, 9.17) is 4.42 Å². The molecule has 0 radical (unpaired) electrons. The number of aromatic nitrogens is 1. The van der Waals surface area contributed by atoms with E-state index in [0.29, 0.717) is 4.70 Å². The van der Waals surface area contributed by atoms with Crippen molar-refractivity contribution in [2.75, 3.05) is 7.11 Å². The summed E-state index contributed by atoms with van der Waals surface area (Å²) in [4.78, 5) is 37.6. The number of ether oxygens (including phenoxy) is 1. The molecular formula is C15H10FN3O6S. The molecule has 0 fully saturated rings. The number of rotatable bonds is 4. The van der Waals surface area contributed by atoms with Gasteiger partial charge in [0.15, 0.2) is 4.80 Å². The van der Waals surface area contributed by atoms with Crippen LogP contribution in [0.5, 0.6) is 0 Å². The summed E-state index contributed by atoms with van der Waals surface area (Å²) in [6, 6.07) is 6.44. The Kier molecular flexibility index (Phi) is 4.63. The first-order valence-electron chi connectivity index (χ1n) is 7.08. The van der Waals surface area contributed by atoms with Crippen LogP contribution in [0.25, 0.3) is 10.2 Å². The normalized spacial score (nSPS) is 11.7. The number of para-hydroxylation sites is 1. The topological polar surface area (TPSA) is 117 Å². The van der Waals surface area contributed by atoms with Gasteiger partial charge in [-0.1, -0.05) is 17.4 Å². The fraction of sp³-hybridized carbons (Fsp3) is 0.133. The molecule has 3 aromatic rings. The van der Waals surface area contributed by atoms with E-state index in [1.165, 1.54) is 23.8 Å². The number of esters is 1. The van der Waals surface area contributed by atoms with Crippen LogP contribution in [0.2, 0.25) is 0 Å². The van der Waals surface area contributed by atoms with E-state index >= 15 is 0 Å². The van der Waals surface area contributed by atoms with Crippen molar-refractivity contribution in [3.05, 3.63) is 56.8 Å². The number of amides is 1. The number of hydrogen-bond donors (Lipinski definition) is 0. The first-order valence-corrected chi connectivity index (χ1v) is 7.90. The number of fused-ring (bicyclic) bond motifs is 1. The Morgan fingerprint density at radius 1 is 1.38 bits per heavy atom. The number of thiazole rings is 1. The molecule has 1 aromatic carbocycles. The highest BCUT2D eigenvalue weighted by Crippen LogP contribution is 2.21. The average Bonchev–Trinajstić information content (AvgIpc) is 3.21. The fourth-order valence-electron chi connectivity index (χ4n) is 2.20. The van der Waals surface area contributed by atoms with Gasteiger partial charge in [0.1, 0.15) is 17.3 Å². The Balaban J connectivity index is 2.13. The Morgan fingerprint density at radius 3 is 2.81 bits per heavy atom. The number of carbonyl (C=O) groups is 2. The Hall–Kier alpha value is -3.34.